The van der Waals surface area contributed by atoms with Crippen molar-refractivity contribution in [1.82, 2.24) is 0 Å². The fourth-order valence-electron chi connectivity index (χ4n) is 4.12. The van der Waals surface area contributed by atoms with Gasteiger partial charge in [-0.2, -0.15) is 13.2 Å². The summed E-state index contributed by atoms with van der Waals surface area (Å²) in [5, 5.41) is 41.1. The summed E-state index contributed by atoms with van der Waals surface area (Å²) in [6, 6.07) is 11.4. The summed E-state index contributed by atoms with van der Waals surface area (Å²) in [6.07, 6.45) is -12.1. The van der Waals surface area contributed by atoms with Crippen molar-refractivity contribution in [3.05, 3.63) is 64.0 Å². The van der Waals surface area contributed by atoms with Gasteiger partial charge in [-0.3, -0.25) is 0 Å². The molecular formula is C23H23F3O6S. The molecule has 1 aliphatic heterocycles. The van der Waals surface area contributed by atoms with Crippen molar-refractivity contribution in [2.45, 2.75) is 43.1 Å². The quantitative estimate of drug-likeness (QED) is 0.445. The summed E-state index contributed by atoms with van der Waals surface area (Å²) in [6.45, 7) is -0.654. The van der Waals surface area contributed by atoms with Crippen LogP contribution in [-0.4, -0.2) is 58.6 Å². The van der Waals surface area contributed by atoms with Crippen LogP contribution in [0.2, 0.25) is 0 Å². The number of hydrogen-bond acceptors (Lipinski definition) is 7. The van der Waals surface area contributed by atoms with Gasteiger partial charge in [0.05, 0.1) is 19.3 Å². The molecule has 0 amide bonds. The van der Waals surface area contributed by atoms with Crippen LogP contribution in [0.15, 0.2) is 42.5 Å². The van der Waals surface area contributed by atoms with Crippen LogP contribution >= 0.6 is 11.3 Å². The third-order valence-corrected chi connectivity index (χ3v) is 6.92. The highest BCUT2D eigenvalue weighted by molar-refractivity contribution is 7.19. The number of hydrogen-bond donors (Lipinski definition) is 4. The maximum Gasteiger partial charge on any atom is 0.416 e. The van der Waals surface area contributed by atoms with Gasteiger partial charge in [0.15, 0.2) is 0 Å². The van der Waals surface area contributed by atoms with Crippen molar-refractivity contribution < 1.29 is 43.1 Å². The molecule has 0 saturated carbocycles. The Morgan fingerprint density at radius 1 is 1.03 bits per heavy atom. The lowest BCUT2D eigenvalue weighted by Gasteiger charge is -2.40. The average molecular weight is 484 g/mol. The molecule has 1 aromatic heterocycles. The van der Waals surface area contributed by atoms with Gasteiger partial charge >= 0.3 is 6.18 Å². The highest BCUT2D eigenvalue weighted by Gasteiger charge is 2.45. The Bertz CT molecular complexity index is 1100. The number of halogens is 3. The summed E-state index contributed by atoms with van der Waals surface area (Å²) in [7, 11) is 1.19. The Balaban J connectivity index is 1.81. The average Bonchev–Trinajstić information content (AvgIpc) is 3.19. The molecule has 1 saturated heterocycles. The molecule has 0 bridgehead atoms. The van der Waals surface area contributed by atoms with Crippen LogP contribution in [0.4, 0.5) is 13.2 Å². The number of alkyl halides is 3. The molecule has 1 fully saturated rings. The molecule has 3 aromatic rings. The molecule has 5 atom stereocenters. The van der Waals surface area contributed by atoms with E-state index in [1.807, 2.05) is 30.3 Å². The van der Waals surface area contributed by atoms with E-state index in [1.165, 1.54) is 24.5 Å². The number of rotatable bonds is 5. The lowest BCUT2D eigenvalue weighted by molar-refractivity contribution is -0.232. The minimum atomic E-state index is -4.66. The van der Waals surface area contributed by atoms with Crippen LogP contribution in [0, 0.1) is 0 Å². The van der Waals surface area contributed by atoms with Crippen molar-refractivity contribution in [3.63, 3.8) is 0 Å². The number of thiophene rings is 1. The van der Waals surface area contributed by atoms with Crippen LogP contribution in [0.25, 0.3) is 10.1 Å². The first kappa shape index (κ1) is 23.9. The normalized spacial score (nSPS) is 26.0. The van der Waals surface area contributed by atoms with Crippen molar-refractivity contribution in [1.29, 1.82) is 0 Å². The van der Waals surface area contributed by atoms with Crippen LogP contribution in [0.1, 0.15) is 27.7 Å². The topological polar surface area (TPSA) is 99.4 Å². The third-order valence-electron chi connectivity index (χ3n) is 5.80. The lowest BCUT2D eigenvalue weighted by Crippen LogP contribution is -2.55. The number of fused-ring (bicyclic) bond motifs is 1. The van der Waals surface area contributed by atoms with Crippen LogP contribution in [0.3, 0.4) is 0 Å². The van der Waals surface area contributed by atoms with E-state index in [-0.39, 0.29) is 23.3 Å². The number of methoxy groups -OCH3 is 1. The van der Waals surface area contributed by atoms with Gasteiger partial charge in [-0.1, -0.05) is 18.2 Å². The predicted molar refractivity (Wildman–Crippen MR) is 115 cm³/mol. The Morgan fingerprint density at radius 2 is 1.76 bits per heavy atom. The standard InChI is InChI=1S/C23H23F3O6S/c1-31-16-9-15(23(24,25)26)12(7-13-6-11-4-2-3-5-18(11)33-13)8-14(16)22-21(30)20(29)19(28)17(10-27)32-22/h2-6,8-9,17,19-22,27-30H,7,10H2,1H3/t17?,19-,20?,21-,22?/m1/s1. The zero-order valence-corrected chi connectivity index (χ0v) is 18.3. The third kappa shape index (κ3) is 4.59. The van der Waals surface area contributed by atoms with Gasteiger partial charge in [0.2, 0.25) is 0 Å². The second-order valence-electron chi connectivity index (χ2n) is 7.93. The predicted octanol–water partition coefficient (Wildman–Crippen LogP) is 3.03. The lowest BCUT2D eigenvalue weighted by atomic mass is 9.88. The minimum absolute atomic E-state index is 0.0252. The summed E-state index contributed by atoms with van der Waals surface area (Å²) >= 11 is 1.38. The van der Waals surface area contributed by atoms with Crippen molar-refractivity contribution in [2.24, 2.45) is 0 Å². The van der Waals surface area contributed by atoms with E-state index in [2.05, 4.69) is 0 Å². The molecule has 10 heteroatoms. The van der Waals surface area contributed by atoms with Crippen molar-refractivity contribution in [3.8, 4) is 5.75 Å². The summed E-state index contributed by atoms with van der Waals surface area (Å²) in [5.74, 6) is -0.188. The molecule has 2 aromatic carbocycles. The monoisotopic (exact) mass is 484 g/mol. The first-order valence-electron chi connectivity index (χ1n) is 10.2. The Hall–Kier alpha value is -2.21. The molecule has 0 spiro atoms. The first-order chi connectivity index (χ1) is 15.6. The molecule has 1 aliphatic rings. The second kappa shape index (κ2) is 9.21. The Kier molecular flexibility index (Phi) is 6.68. The fourth-order valence-corrected chi connectivity index (χ4v) is 5.21. The van der Waals surface area contributed by atoms with E-state index in [0.717, 1.165) is 16.2 Å². The van der Waals surface area contributed by atoms with E-state index in [9.17, 15) is 33.6 Å². The molecular weight excluding hydrogens is 461 g/mol. The first-order valence-corrected chi connectivity index (χ1v) is 11.0. The van der Waals surface area contributed by atoms with Gasteiger partial charge in [0.25, 0.3) is 0 Å². The summed E-state index contributed by atoms with van der Waals surface area (Å²) < 4.78 is 53.4. The van der Waals surface area contributed by atoms with Gasteiger partial charge in [-0.25, -0.2) is 0 Å². The molecule has 3 unspecified atom stereocenters. The Morgan fingerprint density at radius 3 is 2.39 bits per heavy atom. The molecule has 6 nitrogen and oxygen atoms in total. The van der Waals surface area contributed by atoms with Crippen LogP contribution in [0.5, 0.6) is 5.75 Å². The van der Waals surface area contributed by atoms with Gasteiger partial charge < -0.3 is 29.9 Å². The van der Waals surface area contributed by atoms with Gasteiger partial charge in [0.1, 0.15) is 36.3 Å². The molecule has 178 valence electrons. The highest BCUT2D eigenvalue weighted by atomic mass is 32.1. The largest absolute Gasteiger partial charge is 0.496 e. The maximum atomic E-state index is 13.9. The zero-order chi connectivity index (χ0) is 23.9. The van der Waals surface area contributed by atoms with Crippen LogP contribution in [-0.2, 0) is 17.3 Å². The van der Waals surface area contributed by atoms with Gasteiger partial charge in [0, 0.05) is 21.6 Å². The highest BCUT2D eigenvalue weighted by Crippen LogP contribution is 2.43. The van der Waals surface area contributed by atoms with E-state index in [0.29, 0.717) is 4.88 Å². The van der Waals surface area contributed by atoms with Gasteiger partial charge in [-0.15, -0.1) is 11.3 Å². The molecule has 0 aliphatic carbocycles. The van der Waals surface area contributed by atoms with Crippen molar-refractivity contribution >= 4 is 21.4 Å². The Labute approximate surface area is 191 Å². The van der Waals surface area contributed by atoms with Gasteiger partial charge in [-0.05, 0) is 35.2 Å². The van der Waals surface area contributed by atoms with Crippen LogP contribution < -0.4 is 4.74 Å². The number of ether oxygens (including phenoxy) is 2. The van der Waals surface area contributed by atoms with Crippen molar-refractivity contribution in [2.75, 3.05) is 13.7 Å². The molecule has 2 heterocycles. The molecule has 4 rings (SSSR count). The number of benzene rings is 2. The smallest absolute Gasteiger partial charge is 0.416 e. The SMILES string of the molecule is COc1cc(C(F)(F)F)c(Cc2cc3ccccc3s2)cc1C1OC(CO)[C@@H](O)C(O)[C@H]1O. The minimum Gasteiger partial charge on any atom is -0.496 e. The summed E-state index contributed by atoms with van der Waals surface area (Å²) in [5.41, 5.74) is -0.856. The van der Waals surface area contributed by atoms with E-state index < -0.39 is 48.9 Å². The number of aliphatic hydroxyl groups excluding tert-OH is 4. The summed E-state index contributed by atoms with van der Waals surface area (Å²) in [4.78, 5) is 0.714. The van der Waals surface area contributed by atoms with E-state index in [1.54, 1.807) is 0 Å². The number of aliphatic hydroxyl groups is 4. The molecule has 4 N–H and O–H groups in total. The van der Waals surface area contributed by atoms with E-state index >= 15 is 0 Å². The van der Waals surface area contributed by atoms with E-state index in [4.69, 9.17) is 9.47 Å². The molecule has 0 radical (unpaired) electrons. The maximum absolute atomic E-state index is 13.9. The molecule has 33 heavy (non-hydrogen) atoms. The second-order valence-corrected chi connectivity index (χ2v) is 9.09. The zero-order valence-electron chi connectivity index (χ0n) is 17.5. The fraction of sp³-hybridized carbons (Fsp3) is 0.391.